The van der Waals surface area contributed by atoms with Gasteiger partial charge in [0.1, 0.15) is 0 Å². The van der Waals surface area contributed by atoms with Crippen molar-refractivity contribution in [2.24, 2.45) is 5.92 Å². The van der Waals surface area contributed by atoms with E-state index < -0.39 is 0 Å². The summed E-state index contributed by atoms with van der Waals surface area (Å²) in [6.45, 7) is 1.24. The summed E-state index contributed by atoms with van der Waals surface area (Å²) in [5, 5.41) is 3.74. The predicted molar refractivity (Wildman–Crippen MR) is 62.8 cm³/mol. The molecular weight excluding hydrogens is 182 g/mol. The highest BCUT2D eigenvalue weighted by Gasteiger charge is 2.23. The molecule has 1 saturated carbocycles. The molecule has 0 amide bonds. The molecule has 0 bridgehead atoms. The molecule has 1 heteroatoms. The van der Waals surface area contributed by atoms with Crippen molar-refractivity contribution in [3.63, 3.8) is 0 Å². The molecule has 0 spiro atoms. The van der Waals surface area contributed by atoms with Gasteiger partial charge in [-0.1, -0.05) is 30.7 Å². The van der Waals surface area contributed by atoms with Gasteiger partial charge in [0, 0.05) is 6.04 Å². The van der Waals surface area contributed by atoms with Crippen LogP contribution in [0.4, 0.5) is 0 Å². The minimum absolute atomic E-state index is 0.641. The third-order valence-electron chi connectivity index (χ3n) is 4.01. The molecule has 0 radical (unpaired) electrons. The Labute approximate surface area is 91.9 Å². The van der Waals surface area contributed by atoms with Crippen molar-refractivity contribution >= 4 is 0 Å². The van der Waals surface area contributed by atoms with Crippen LogP contribution in [0.2, 0.25) is 0 Å². The van der Waals surface area contributed by atoms with Crippen LogP contribution in [0, 0.1) is 5.92 Å². The van der Waals surface area contributed by atoms with Crippen LogP contribution in [-0.4, -0.2) is 6.54 Å². The van der Waals surface area contributed by atoms with E-state index in [0.717, 1.165) is 5.92 Å². The van der Waals surface area contributed by atoms with Crippen LogP contribution in [0.5, 0.6) is 0 Å². The second-order valence-corrected chi connectivity index (χ2v) is 5.00. The first-order valence-corrected chi connectivity index (χ1v) is 6.24. The first-order chi connectivity index (χ1) is 7.43. The van der Waals surface area contributed by atoms with Crippen molar-refractivity contribution in [3.05, 3.63) is 35.4 Å². The number of fused-ring (bicyclic) bond motifs is 1. The second-order valence-electron chi connectivity index (χ2n) is 5.00. The van der Waals surface area contributed by atoms with E-state index in [1.165, 1.54) is 38.6 Å². The molecular formula is C14H19N. The Bertz CT molecular complexity index is 341. The summed E-state index contributed by atoms with van der Waals surface area (Å²) in [6, 6.07) is 9.54. The molecule has 15 heavy (non-hydrogen) atoms. The van der Waals surface area contributed by atoms with Crippen LogP contribution in [0.15, 0.2) is 24.3 Å². The van der Waals surface area contributed by atoms with E-state index in [0.29, 0.717) is 6.04 Å². The molecule has 2 aliphatic rings. The summed E-state index contributed by atoms with van der Waals surface area (Å²) < 4.78 is 0. The molecule has 3 rings (SSSR count). The lowest BCUT2D eigenvalue weighted by Gasteiger charge is -2.27. The highest BCUT2D eigenvalue weighted by molar-refractivity contribution is 5.34. The molecule has 80 valence electrons. The zero-order chi connectivity index (χ0) is 10.1. The van der Waals surface area contributed by atoms with Crippen LogP contribution < -0.4 is 5.32 Å². The minimum Gasteiger partial charge on any atom is -0.310 e. The highest BCUT2D eigenvalue weighted by Crippen LogP contribution is 2.32. The van der Waals surface area contributed by atoms with Crippen LogP contribution >= 0.6 is 0 Å². The monoisotopic (exact) mass is 201 g/mol. The molecule has 0 aliphatic heterocycles. The second kappa shape index (κ2) is 3.97. The van der Waals surface area contributed by atoms with E-state index in [9.17, 15) is 0 Å². The Morgan fingerprint density at radius 3 is 2.80 bits per heavy atom. The number of hydrogen-bond acceptors (Lipinski definition) is 1. The van der Waals surface area contributed by atoms with Crippen LogP contribution in [0.25, 0.3) is 0 Å². The Morgan fingerprint density at radius 1 is 1.13 bits per heavy atom. The Morgan fingerprint density at radius 2 is 2.00 bits per heavy atom. The normalized spacial score (nSPS) is 24.9. The average molecular weight is 201 g/mol. The highest BCUT2D eigenvalue weighted by atomic mass is 14.9. The first-order valence-electron chi connectivity index (χ1n) is 6.24. The lowest BCUT2D eigenvalue weighted by atomic mass is 9.85. The quantitative estimate of drug-likeness (QED) is 0.792. The summed E-state index contributed by atoms with van der Waals surface area (Å²) >= 11 is 0. The average Bonchev–Trinajstić information content (AvgIpc) is 2.60. The maximum atomic E-state index is 3.74. The van der Waals surface area contributed by atoms with Gasteiger partial charge < -0.3 is 5.32 Å². The summed E-state index contributed by atoms with van der Waals surface area (Å²) in [4.78, 5) is 0. The van der Waals surface area contributed by atoms with E-state index >= 15 is 0 Å². The molecule has 0 saturated heterocycles. The number of aryl methyl sites for hydroxylation is 1. The maximum absolute atomic E-state index is 3.74. The Kier molecular flexibility index (Phi) is 2.49. The van der Waals surface area contributed by atoms with Crippen molar-refractivity contribution in [1.82, 2.24) is 5.32 Å². The number of benzene rings is 1. The van der Waals surface area contributed by atoms with Gasteiger partial charge in [0.25, 0.3) is 0 Å². The summed E-state index contributed by atoms with van der Waals surface area (Å²) in [5.74, 6) is 0.970. The van der Waals surface area contributed by atoms with E-state index in [1.54, 1.807) is 11.1 Å². The zero-order valence-electron chi connectivity index (χ0n) is 9.21. The maximum Gasteiger partial charge on any atom is 0.0326 e. The smallest absolute Gasteiger partial charge is 0.0326 e. The first kappa shape index (κ1) is 9.41. The molecule has 0 heterocycles. The standard InChI is InChI=1S/C14H19N/c1-2-7-13-12(6-1)8-9-14(13)15-10-11-4-3-5-11/h1-2,6-7,11,14-15H,3-5,8-10H2. The molecule has 1 fully saturated rings. The number of hydrogen-bond donors (Lipinski definition) is 1. The fraction of sp³-hybridized carbons (Fsp3) is 0.571. The fourth-order valence-electron chi connectivity index (χ4n) is 2.78. The fourth-order valence-corrected chi connectivity index (χ4v) is 2.78. The largest absolute Gasteiger partial charge is 0.310 e. The zero-order valence-corrected chi connectivity index (χ0v) is 9.21. The van der Waals surface area contributed by atoms with Crippen LogP contribution in [-0.2, 0) is 6.42 Å². The van der Waals surface area contributed by atoms with Crippen molar-refractivity contribution in [2.45, 2.75) is 38.1 Å². The van der Waals surface area contributed by atoms with Gasteiger partial charge in [0.2, 0.25) is 0 Å². The SMILES string of the molecule is c1ccc2c(c1)CCC2NCC1CCC1. The predicted octanol–water partition coefficient (Wildman–Crippen LogP) is 3.06. The third-order valence-corrected chi connectivity index (χ3v) is 4.01. The van der Waals surface area contributed by atoms with Gasteiger partial charge in [0.15, 0.2) is 0 Å². The summed E-state index contributed by atoms with van der Waals surface area (Å²) in [6.07, 6.45) is 6.90. The Hall–Kier alpha value is -0.820. The number of rotatable bonds is 3. The van der Waals surface area contributed by atoms with Gasteiger partial charge in [0.05, 0.1) is 0 Å². The van der Waals surface area contributed by atoms with Crippen molar-refractivity contribution in [2.75, 3.05) is 6.54 Å². The summed E-state index contributed by atoms with van der Waals surface area (Å²) in [7, 11) is 0. The van der Waals surface area contributed by atoms with E-state index in [4.69, 9.17) is 0 Å². The molecule has 1 aromatic carbocycles. The Balaban J connectivity index is 1.63. The van der Waals surface area contributed by atoms with Gasteiger partial charge in [-0.15, -0.1) is 0 Å². The molecule has 1 N–H and O–H groups in total. The van der Waals surface area contributed by atoms with Crippen molar-refractivity contribution in [3.8, 4) is 0 Å². The lowest BCUT2D eigenvalue weighted by Crippen LogP contribution is -2.29. The van der Waals surface area contributed by atoms with Crippen molar-refractivity contribution < 1.29 is 0 Å². The molecule has 1 aromatic rings. The van der Waals surface area contributed by atoms with Gasteiger partial charge in [-0.25, -0.2) is 0 Å². The molecule has 1 atom stereocenters. The van der Waals surface area contributed by atoms with Gasteiger partial charge >= 0.3 is 0 Å². The molecule has 1 unspecified atom stereocenters. The minimum atomic E-state index is 0.641. The lowest BCUT2D eigenvalue weighted by molar-refractivity contribution is 0.289. The molecule has 0 aromatic heterocycles. The van der Waals surface area contributed by atoms with Gasteiger partial charge in [-0.05, 0) is 49.3 Å². The van der Waals surface area contributed by atoms with E-state index in [-0.39, 0.29) is 0 Å². The van der Waals surface area contributed by atoms with Crippen LogP contribution in [0.1, 0.15) is 42.9 Å². The van der Waals surface area contributed by atoms with Crippen molar-refractivity contribution in [1.29, 1.82) is 0 Å². The number of nitrogens with one attached hydrogen (secondary N) is 1. The summed E-state index contributed by atoms with van der Waals surface area (Å²) in [5.41, 5.74) is 3.11. The van der Waals surface area contributed by atoms with E-state index in [1.807, 2.05) is 0 Å². The topological polar surface area (TPSA) is 12.0 Å². The van der Waals surface area contributed by atoms with E-state index in [2.05, 4.69) is 29.6 Å². The molecule has 2 aliphatic carbocycles. The molecule has 1 nitrogen and oxygen atoms in total. The van der Waals surface area contributed by atoms with Gasteiger partial charge in [-0.2, -0.15) is 0 Å². The van der Waals surface area contributed by atoms with Gasteiger partial charge in [-0.3, -0.25) is 0 Å². The third kappa shape index (κ3) is 1.81. The van der Waals surface area contributed by atoms with Crippen LogP contribution in [0.3, 0.4) is 0 Å².